The first-order chi connectivity index (χ1) is 9.91. The molecule has 0 fully saturated rings. The zero-order valence-electron chi connectivity index (χ0n) is 11.0. The summed E-state index contributed by atoms with van der Waals surface area (Å²) in [5.41, 5.74) is 0.217. The van der Waals surface area contributed by atoms with Gasteiger partial charge in [-0.2, -0.15) is 0 Å². The van der Waals surface area contributed by atoms with Crippen molar-refractivity contribution in [2.75, 3.05) is 6.54 Å². The minimum Gasteiger partial charge on any atom is -0.479 e. The number of carboxylic acid groups (broad SMARTS) is 1. The number of nitrogens with zero attached hydrogens (tertiary/aromatic N) is 1. The quantitative estimate of drug-likeness (QED) is 0.607. The number of fused-ring (bicyclic) bond motifs is 1. The summed E-state index contributed by atoms with van der Waals surface area (Å²) in [6.45, 7) is 1.67. The number of aromatic nitrogens is 2. The number of aromatic amines is 1. The summed E-state index contributed by atoms with van der Waals surface area (Å²) < 4.78 is 0. The van der Waals surface area contributed by atoms with E-state index in [2.05, 4.69) is 15.3 Å². The van der Waals surface area contributed by atoms with Crippen LogP contribution in [0.5, 0.6) is 0 Å². The van der Waals surface area contributed by atoms with Gasteiger partial charge in [0.1, 0.15) is 4.83 Å². The van der Waals surface area contributed by atoms with Crippen LogP contribution in [0.1, 0.15) is 21.7 Å². The molecule has 1 atom stereocenters. The van der Waals surface area contributed by atoms with Crippen LogP contribution in [0.25, 0.3) is 10.2 Å². The van der Waals surface area contributed by atoms with Crippen LogP contribution >= 0.6 is 11.3 Å². The summed E-state index contributed by atoms with van der Waals surface area (Å²) in [5, 5.41) is 20.5. The molecule has 4 N–H and O–H groups in total. The second-order valence-corrected chi connectivity index (χ2v) is 5.37. The molecule has 2 aromatic rings. The lowest BCUT2D eigenvalue weighted by Crippen LogP contribution is -2.29. The highest BCUT2D eigenvalue weighted by Gasteiger charge is 2.19. The molecule has 0 aromatic carbocycles. The number of carboxylic acids is 1. The summed E-state index contributed by atoms with van der Waals surface area (Å²) in [5.74, 6) is -1.76. The Balaban J connectivity index is 2.13. The van der Waals surface area contributed by atoms with Gasteiger partial charge in [0.2, 0.25) is 0 Å². The summed E-state index contributed by atoms with van der Waals surface area (Å²) in [4.78, 5) is 41.4. The molecule has 0 aliphatic heterocycles. The van der Waals surface area contributed by atoms with Gasteiger partial charge in [0.15, 0.2) is 6.10 Å². The van der Waals surface area contributed by atoms with Crippen molar-refractivity contribution >= 4 is 33.4 Å². The third-order valence-electron chi connectivity index (χ3n) is 2.93. The maximum atomic E-state index is 12.0. The van der Waals surface area contributed by atoms with Gasteiger partial charge in [-0.15, -0.1) is 11.3 Å². The average Bonchev–Trinajstić information content (AvgIpc) is 2.77. The van der Waals surface area contributed by atoms with Crippen molar-refractivity contribution in [2.24, 2.45) is 0 Å². The Morgan fingerprint density at radius 3 is 2.86 bits per heavy atom. The van der Waals surface area contributed by atoms with Crippen molar-refractivity contribution < 1.29 is 19.8 Å². The highest BCUT2D eigenvalue weighted by atomic mass is 32.1. The first-order valence-corrected chi connectivity index (χ1v) is 6.89. The van der Waals surface area contributed by atoms with E-state index in [0.717, 1.165) is 11.3 Å². The minimum atomic E-state index is -1.52. The number of rotatable bonds is 5. The lowest BCUT2D eigenvalue weighted by atomic mass is 10.2. The Labute approximate surface area is 122 Å². The van der Waals surface area contributed by atoms with E-state index >= 15 is 0 Å². The van der Waals surface area contributed by atoms with Crippen LogP contribution in [0, 0.1) is 6.92 Å². The zero-order chi connectivity index (χ0) is 15.6. The maximum absolute atomic E-state index is 12.0. The lowest BCUT2D eigenvalue weighted by molar-refractivity contribution is -0.146. The maximum Gasteiger partial charge on any atom is 0.332 e. The molecule has 0 spiro atoms. The van der Waals surface area contributed by atoms with Crippen molar-refractivity contribution in [2.45, 2.75) is 19.4 Å². The van der Waals surface area contributed by atoms with E-state index in [4.69, 9.17) is 10.2 Å². The van der Waals surface area contributed by atoms with Crippen LogP contribution in [-0.2, 0) is 4.79 Å². The third-order valence-corrected chi connectivity index (χ3v) is 4.13. The molecule has 0 bridgehead atoms. The fourth-order valence-electron chi connectivity index (χ4n) is 1.82. The number of thiophene rings is 1. The Kier molecular flexibility index (Phi) is 4.34. The van der Waals surface area contributed by atoms with Gasteiger partial charge in [0.05, 0.1) is 16.6 Å². The van der Waals surface area contributed by atoms with Crippen molar-refractivity contribution in [3.05, 3.63) is 27.1 Å². The summed E-state index contributed by atoms with van der Waals surface area (Å²) in [7, 11) is 0. The molecule has 0 saturated carbocycles. The van der Waals surface area contributed by atoms with Crippen LogP contribution < -0.4 is 10.9 Å². The topological polar surface area (TPSA) is 132 Å². The van der Waals surface area contributed by atoms with Crippen LogP contribution in [0.4, 0.5) is 0 Å². The number of aliphatic hydroxyl groups excluding tert-OH is 1. The molecular formula is C12H13N3O5S. The van der Waals surface area contributed by atoms with Gasteiger partial charge >= 0.3 is 5.97 Å². The number of aryl methyl sites for hydroxylation is 1. The van der Waals surface area contributed by atoms with Crippen molar-refractivity contribution in [1.29, 1.82) is 0 Å². The molecule has 112 valence electrons. The predicted octanol–water partition coefficient (Wildman–Crippen LogP) is -0.142. The van der Waals surface area contributed by atoms with Crippen molar-refractivity contribution in [3.63, 3.8) is 0 Å². The molecule has 2 heterocycles. The standard InChI is InChI=1S/C12H13N3O5S/c1-5-7-9(17)14-4-15-11(7)21-8(5)10(18)13-3-2-6(16)12(19)20/h4,6,16H,2-3H2,1H3,(H,13,18)(H,19,20)(H,14,15,17). The van der Waals surface area contributed by atoms with Crippen LogP contribution in [0.2, 0.25) is 0 Å². The number of nitrogens with one attached hydrogen (secondary N) is 2. The van der Waals surface area contributed by atoms with E-state index in [1.54, 1.807) is 6.92 Å². The molecule has 21 heavy (non-hydrogen) atoms. The average molecular weight is 311 g/mol. The Bertz CT molecular complexity index is 751. The summed E-state index contributed by atoms with van der Waals surface area (Å²) >= 11 is 1.09. The molecule has 0 saturated heterocycles. The number of amides is 1. The molecule has 2 rings (SSSR count). The monoisotopic (exact) mass is 311 g/mol. The normalized spacial score (nSPS) is 12.3. The molecule has 0 aliphatic carbocycles. The van der Waals surface area contributed by atoms with Crippen LogP contribution in [-0.4, -0.2) is 44.7 Å². The van der Waals surface area contributed by atoms with E-state index in [1.807, 2.05) is 0 Å². The number of aliphatic carboxylic acids is 1. The van der Waals surface area contributed by atoms with Crippen LogP contribution in [0.3, 0.4) is 0 Å². The van der Waals surface area contributed by atoms with Gasteiger partial charge in [-0.05, 0) is 12.5 Å². The van der Waals surface area contributed by atoms with E-state index in [0.29, 0.717) is 20.7 Å². The fourth-order valence-corrected chi connectivity index (χ4v) is 2.89. The fraction of sp³-hybridized carbons (Fsp3) is 0.333. The molecule has 0 radical (unpaired) electrons. The molecule has 2 aromatic heterocycles. The molecule has 1 amide bonds. The summed E-state index contributed by atoms with van der Waals surface area (Å²) in [6.07, 6.45) is -0.339. The first-order valence-electron chi connectivity index (χ1n) is 6.07. The van der Waals surface area contributed by atoms with E-state index in [-0.39, 0.29) is 18.5 Å². The molecular weight excluding hydrogens is 298 g/mol. The van der Waals surface area contributed by atoms with E-state index < -0.39 is 18.0 Å². The molecule has 1 unspecified atom stereocenters. The van der Waals surface area contributed by atoms with Gasteiger partial charge in [-0.1, -0.05) is 0 Å². The number of hydrogen-bond acceptors (Lipinski definition) is 6. The smallest absolute Gasteiger partial charge is 0.332 e. The number of hydrogen-bond donors (Lipinski definition) is 4. The number of aliphatic hydroxyl groups is 1. The van der Waals surface area contributed by atoms with E-state index in [1.165, 1.54) is 6.33 Å². The Morgan fingerprint density at radius 2 is 2.24 bits per heavy atom. The molecule has 9 heteroatoms. The molecule has 0 aliphatic rings. The second kappa shape index (κ2) is 6.02. The summed E-state index contributed by atoms with van der Waals surface area (Å²) in [6, 6.07) is 0. The highest BCUT2D eigenvalue weighted by molar-refractivity contribution is 7.20. The van der Waals surface area contributed by atoms with Gasteiger partial charge in [-0.25, -0.2) is 9.78 Å². The largest absolute Gasteiger partial charge is 0.479 e. The molecule has 8 nitrogen and oxygen atoms in total. The van der Waals surface area contributed by atoms with Gasteiger partial charge < -0.3 is 20.5 Å². The zero-order valence-corrected chi connectivity index (χ0v) is 11.9. The predicted molar refractivity (Wildman–Crippen MR) is 75.6 cm³/mol. The number of carbonyl (C=O) groups excluding carboxylic acids is 1. The first kappa shape index (κ1) is 15.1. The SMILES string of the molecule is Cc1c(C(=O)NCCC(O)C(=O)O)sc2nc[nH]c(=O)c12. The van der Waals surface area contributed by atoms with Crippen molar-refractivity contribution in [1.82, 2.24) is 15.3 Å². The minimum absolute atomic E-state index is 0.0176. The van der Waals surface area contributed by atoms with Crippen LogP contribution in [0.15, 0.2) is 11.1 Å². The van der Waals surface area contributed by atoms with Gasteiger partial charge in [-0.3, -0.25) is 9.59 Å². The van der Waals surface area contributed by atoms with Crippen molar-refractivity contribution in [3.8, 4) is 0 Å². The Hall–Kier alpha value is -2.26. The third kappa shape index (κ3) is 3.09. The number of H-pyrrole nitrogens is 1. The number of carbonyl (C=O) groups is 2. The second-order valence-electron chi connectivity index (χ2n) is 4.37. The van der Waals surface area contributed by atoms with Gasteiger partial charge in [0.25, 0.3) is 11.5 Å². The van der Waals surface area contributed by atoms with Gasteiger partial charge in [0, 0.05) is 13.0 Å². The highest BCUT2D eigenvalue weighted by Crippen LogP contribution is 2.26. The lowest BCUT2D eigenvalue weighted by Gasteiger charge is -2.06. The Morgan fingerprint density at radius 1 is 1.52 bits per heavy atom. The van der Waals surface area contributed by atoms with E-state index in [9.17, 15) is 14.4 Å².